The Labute approximate surface area is 135 Å². The van der Waals surface area contributed by atoms with Crippen LogP contribution in [-0.4, -0.2) is 30.9 Å². The second-order valence-electron chi connectivity index (χ2n) is 6.48. The van der Waals surface area contributed by atoms with Gasteiger partial charge in [0.15, 0.2) is 5.65 Å². The molecule has 0 bridgehead atoms. The van der Waals surface area contributed by atoms with Crippen molar-refractivity contribution in [1.82, 2.24) is 24.4 Å². The van der Waals surface area contributed by atoms with Gasteiger partial charge in [0.05, 0.1) is 23.6 Å². The van der Waals surface area contributed by atoms with Gasteiger partial charge in [-0.25, -0.2) is 4.98 Å². The summed E-state index contributed by atoms with van der Waals surface area (Å²) in [5.74, 6) is 1.12. The maximum atomic E-state index is 4.71. The molecule has 0 saturated carbocycles. The van der Waals surface area contributed by atoms with Crippen LogP contribution in [0.1, 0.15) is 34.8 Å². The van der Waals surface area contributed by atoms with Gasteiger partial charge < -0.3 is 4.90 Å². The Kier molecular flexibility index (Phi) is 3.14. The topological polar surface area (TPSA) is 51.2 Å². The highest BCUT2D eigenvalue weighted by Crippen LogP contribution is 2.24. The first-order valence-electron chi connectivity index (χ1n) is 8.15. The second-order valence-corrected chi connectivity index (χ2v) is 6.48. The van der Waals surface area contributed by atoms with Crippen LogP contribution in [0.2, 0.25) is 0 Å². The molecule has 0 aliphatic carbocycles. The maximum Gasteiger partial charge on any atom is 0.160 e. The molecule has 0 atom stereocenters. The first kappa shape index (κ1) is 14.2. The van der Waals surface area contributed by atoms with E-state index in [1.165, 1.54) is 5.69 Å². The largest absolute Gasteiger partial charge is 0.350 e. The Morgan fingerprint density at radius 2 is 1.78 bits per heavy atom. The molecule has 4 rings (SSSR count). The minimum absolute atomic E-state index is 0.858. The minimum atomic E-state index is 0.858. The molecule has 0 fully saturated rings. The van der Waals surface area contributed by atoms with E-state index in [9.17, 15) is 0 Å². The summed E-state index contributed by atoms with van der Waals surface area (Å²) in [5.41, 5.74) is 6.55. The van der Waals surface area contributed by atoms with Crippen molar-refractivity contribution in [3.05, 3.63) is 40.5 Å². The van der Waals surface area contributed by atoms with Crippen molar-refractivity contribution >= 4 is 11.5 Å². The van der Waals surface area contributed by atoms with Crippen molar-refractivity contribution in [1.29, 1.82) is 0 Å². The van der Waals surface area contributed by atoms with Crippen LogP contribution in [0.3, 0.4) is 0 Å². The molecule has 6 nitrogen and oxygen atoms in total. The Bertz CT molecular complexity index is 888. The van der Waals surface area contributed by atoms with Crippen LogP contribution < -0.4 is 4.90 Å². The monoisotopic (exact) mass is 310 g/mol. The number of hydrogen-bond donors (Lipinski definition) is 0. The summed E-state index contributed by atoms with van der Waals surface area (Å²) in [5, 5.41) is 9.30. The van der Waals surface area contributed by atoms with Crippen LogP contribution in [0.25, 0.3) is 5.65 Å². The Hall–Kier alpha value is -2.37. The minimum Gasteiger partial charge on any atom is -0.350 e. The van der Waals surface area contributed by atoms with Crippen molar-refractivity contribution < 1.29 is 0 Å². The average molecular weight is 310 g/mol. The van der Waals surface area contributed by atoms with Crippen LogP contribution in [0, 0.1) is 27.7 Å². The Balaban J connectivity index is 1.84. The number of fused-ring (bicyclic) bond motifs is 2. The highest BCUT2D eigenvalue weighted by molar-refractivity contribution is 5.57. The van der Waals surface area contributed by atoms with Gasteiger partial charge in [0.2, 0.25) is 0 Å². The predicted molar refractivity (Wildman–Crippen MR) is 89.8 cm³/mol. The summed E-state index contributed by atoms with van der Waals surface area (Å²) in [6, 6.07) is 4.32. The lowest BCUT2D eigenvalue weighted by Crippen LogP contribution is -2.25. The van der Waals surface area contributed by atoms with Crippen LogP contribution >= 0.6 is 0 Å². The van der Waals surface area contributed by atoms with Gasteiger partial charge in [-0.1, -0.05) is 0 Å². The van der Waals surface area contributed by atoms with Gasteiger partial charge in [-0.3, -0.25) is 4.68 Å². The first-order valence-corrected chi connectivity index (χ1v) is 8.15. The normalized spacial score (nSPS) is 15.0. The molecule has 0 radical (unpaired) electrons. The molecular weight excluding hydrogens is 288 g/mol. The van der Waals surface area contributed by atoms with E-state index in [-0.39, 0.29) is 0 Å². The number of rotatable bonds is 1. The molecule has 0 spiro atoms. The van der Waals surface area contributed by atoms with Crippen LogP contribution in [0.5, 0.6) is 0 Å². The average Bonchev–Trinajstić information content (AvgIpc) is 2.91. The van der Waals surface area contributed by atoms with E-state index < -0.39 is 0 Å². The molecule has 1 aliphatic rings. The smallest absolute Gasteiger partial charge is 0.160 e. The molecule has 3 aromatic heterocycles. The molecule has 4 heterocycles. The van der Waals surface area contributed by atoms with Crippen molar-refractivity contribution in [3.63, 3.8) is 0 Å². The van der Waals surface area contributed by atoms with Crippen molar-refractivity contribution in [2.75, 3.05) is 11.4 Å². The third kappa shape index (κ3) is 2.29. The number of aromatic nitrogens is 5. The molecule has 1 aliphatic heterocycles. The van der Waals surface area contributed by atoms with Gasteiger partial charge in [0.1, 0.15) is 5.82 Å². The van der Waals surface area contributed by atoms with Gasteiger partial charge in [-0.05, 0) is 40.2 Å². The van der Waals surface area contributed by atoms with Gasteiger partial charge >= 0.3 is 0 Å². The molecule has 6 heteroatoms. The fourth-order valence-corrected chi connectivity index (χ4v) is 3.36. The number of nitrogens with zero attached hydrogens (tertiary/aromatic N) is 6. The SMILES string of the molecule is Cc1cc(N2CCCn3nc(C)cc3C2)n2nc(C)c(C)c2n1. The maximum absolute atomic E-state index is 4.71. The summed E-state index contributed by atoms with van der Waals surface area (Å²) >= 11 is 0. The van der Waals surface area contributed by atoms with E-state index in [0.29, 0.717) is 0 Å². The fourth-order valence-electron chi connectivity index (χ4n) is 3.36. The quantitative estimate of drug-likeness (QED) is 0.693. The van der Waals surface area contributed by atoms with Crippen molar-refractivity contribution in [2.45, 2.75) is 47.2 Å². The van der Waals surface area contributed by atoms with E-state index in [2.05, 4.69) is 52.6 Å². The second kappa shape index (κ2) is 5.08. The third-order valence-corrected chi connectivity index (χ3v) is 4.63. The zero-order chi connectivity index (χ0) is 16.1. The zero-order valence-electron chi connectivity index (χ0n) is 14.2. The number of hydrogen-bond acceptors (Lipinski definition) is 4. The molecule has 0 amide bonds. The standard InChI is InChI=1S/C17H22N6/c1-11-9-16(23-17(18-11)13(3)14(4)20-23)21-6-5-7-22-15(10-21)8-12(2)19-22/h8-9H,5-7,10H2,1-4H3. The van der Waals surface area contributed by atoms with Crippen LogP contribution in [0.15, 0.2) is 12.1 Å². The summed E-state index contributed by atoms with van der Waals surface area (Å²) < 4.78 is 4.14. The van der Waals surface area contributed by atoms with Crippen molar-refractivity contribution in [3.8, 4) is 0 Å². The van der Waals surface area contributed by atoms with E-state index in [1.54, 1.807) is 0 Å². The number of aryl methyl sites for hydroxylation is 5. The number of anilines is 1. The van der Waals surface area contributed by atoms with Gasteiger partial charge in [-0.15, -0.1) is 0 Å². The highest BCUT2D eigenvalue weighted by atomic mass is 15.4. The summed E-state index contributed by atoms with van der Waals surface area (Å²) in [6.45, 7) is 11.1. The molecule has 3 aromatic rings. The van der Waals surface area contributed by atoms with Gasteiger partial charge in [0.25, 0.3) is 0 Å². The highest BCUT2D eigenvalue weighted by Gasteiger charge is 2.20. The summed E-state index contributed by atoms with van der Waals surface area (Å²) in [7, 11) is 0. The third-order valence-electron chi connectivity index (χ3n) is 4.63. The van der Waals surface area contributed by atoms with Crippen LogP contribution in [0.4, 0.5) is 5.82 Å². The lowest BCUT2D eigenvalue weighted by Gasteiger charge is -2.23. The zero-order valence-corrected chi connectivity index (χ0v) is 14.2. The summed E-state index contributed by atoms with van der Waals surface area (Å²) in [6.07, 6.45) is 1.08. The first-order chi connectivity index (χ1) is 11.0. The van der Waals surface area contributed by atoms with E-state index >= 15 is 0 Å². The Morgan fingerprint density at radius 3 is 2.61 bits per heavy atom. The Morgan fingerprint density at radius 1 is 0.957 bits per heavy atom. The van der Waals surface area contributed by atoms with E-state index in [1.807, 2.05) is 11.4 Å². The van der Waals surface area contributed by atoms with Crippen molar-refractivity contribution in [2.24, 2.45) is 0 Å². The molecule has 0 N–H and O–H groups in total. The molecule has 120 valence electrons. The molecule has 23 heavy (non-hydrogen) atoms. The fraction of sp³-hybridized carbons (Fsp3) is 0.471. The molecular formula is C17H22N6. The van der Waals surface area contributed by atoms with Gasteiger partial charge in [-0.2, -0.15) is 14.7 Å². The van der Waals surface area contributed by atoms with E-state index in [0.717, 1.165) is 60.2 Å². The van der Waals surface area contributed by atoms with Gasteiger partial charge in [0, 0.05) is 30.4 Å². The molecule has 0 aromatic carbocycles. The lowest BCUT2D eigenvalue weighted by atomic mass is 10.3. The molecule has 0 saturated heterocycles. The van der Waals surface area contributed by atoms with E-state index in [4.69, 9.17) is 5.10 Å². The van der Waals surface area contributed by atoms with Crippen LogP contribution in [-0.2, 0) is 13.1 Å². The summed E-state index contributed by atoms with van der Waals surface area (Å²) in [4.78, 5) is 7.08. The predicted octanol–water partition coefficient (Wildman–Crippen LogP) is 2.57. The molecule has 0 unspecified atom stereocenters. The lowest BCUT2D eigenvalue weighted by molar-refractivity contribution is 0.587.